The summed E-state index contributed by atoms with van der Waals surface area (Å²) >= 11 is 0. The summed E-state index contributed by atoms with van der Waals surface area (Å²) in [5, 5.41) is 35.8. The molecule has 1 aromatic rings. The molecule has 0 saturated carbocycles. The van der Waals surface area contributed by atoms with Crippen molar-refractivity contribution in [3.63, 3.8) is 0 Å². The molecule has 0 aliphatic rings. The van der Waals surface area contributed by atoms with Crippen LogP contribution >= 0.6 is 0 Å². The monoisotopic (exact) mass is 537 g/mol. The molecule has 0 aromatic heterocycles. The fourth-order valence-electron chi connectivity index (χ4n) is 3.42. The number of aliphatic imine (C=N–C) groups is 1. The molecule has 3 amide bonds. The fourth-order valence-corrected chi connectivity index (χ4v) is 3.42. The Morgan fingerprint density at radius 2 is 1.58 bits per heavy atom. The maximum atomic E-state index is 13.2. The van der Waals surface area contributed by atoms with Crippen molar-refractivity contribution in [1.82, 2.24) is 16.0 Å². The molecule has 0 aliphatic heterocycles. The minimum absolute atomic E-state index is 0.0177. The molecule has 12 N–H and O–H groups in total. The number of hydrogen-bond donors (Lipinski definition) is 9. The number of aromatic hydroxyl groups is 1. The molecular weight excluding hydrogens is 498 g/mol. The van der Waals surface area contributed by atoms with Crippen molar-refractivity contribution in [2.45, 2.75) is 63.7 Å². The molecule has 14 heteroatoms. The minimum Gasteiger partial charge on any atom is -0.508 e. The normalized spacial score (nSPS) is 14.7. The van der Waals surface area contributed by atoms with Crippen LogP contribution < -0.4 is 33.2 Å². The number of nitrogens with one attached hydrogen (secondary N) is 3. The zero-order valence-electron chi connectivity index (χ0n) is 21.6. The van der Waals surface area contributed by atoms with Crippen molar-refractivity contribution in [2.75, 3.05) is 13.2 Å². The van der Waals surface area contributed by atoms with Gasteiger partial charge in [0.15, 0.2) is 5.96 Å². The van der Waals surface area contributed by atoms with Gasteiger partial charge in [-0.2, -0.15) is 0 Å². The van der Waals surface area contributed by atoms with E-state index in [9.17, 15) is 29.4 Å². The van der Waals surface area contributed by atoms with E-state index >= 15 is 0 Å². The molecule has 0 fully saturated rings. The molecule has 5 atom stereocenters. The number of carboxylic acids is 1. The molecular formula is C24H39N7O7. The van der Waals surface area contributed by atoms with E-state index < -0.39 is 54.5 Å². The third-order valence-electron chi connectivity index (χ3n) is 5.90. The summed E-state index contributed by atoms with van der Waals surface area (Å²) in [5.74, 6) is -3.95. The second kappa shape index (κ2) is 16.0. The van der Waals surface area contributed by atoms with Gasteiger partial charge >= 0.3 is 5.97 Å². The lowest BCUT2D eigenvalue weighted by Gasteiger charge is -2.28. The number of benzene rings is 1. The minimum atomic E-state index is -1.30. The Kier molecular flexibility index (Phi) is 13.6. The van der Waals surface area contributed by atoms with Crippen LogP contribution in [0.25, 0.3) is 0 Å². The van der Waals surface area contributed by atoms with Crippen LogP contribution in [0.4, 0.5) is 0 Å². The number of aliphatic hydroxyl groups excluding tert-OH is 1. The molecule has 0 saturated heterocycles. The zero-order valence-corrected chi connectivity index (χ0v) is 21.6. The van der Waals surface area contributed by atoms with Crippen LogP contribution in [0.2, 0.25) is 0 Å². The number of nitrogens with two attached hydrogens (primary N) is 3. The van der Waals surface area contributed by atoms with E-state index in [1.54, 1.807) is 13.8 Å². The third-order valence-corrected chi connectivity index (χ3v) is 5.90. The van der Waals surface area contributed by atoms with Gasteiger partial charge in [-0.1, -0.05) is 32.4 Å². The molecule has 0 heterocycles. The highest BCUT2D eigenvalue weighted by atomic mass is 16.4. The summed E-state index contributed by atoms with van der Waals surface area (Å²) in [4.78, 5) is 54.3. The number of carbonyl (C=O) groups is 4. The second-order valence-electron chi connectivity index (χ2n) is 8.94. The van der Waals surface area contributed by atoms with Crippen molar-refractivity contribution in [1.29, 1.82) is 0 Å². The molecule has 0 radical (unpaired) electrons. The molecule has 14 nitrogen and oxygen atoms in total. The maximum absolute atomic E-state index is 13.2. The Morgan fingerprint density at radius 1 is 0.974 bits per heavy atom. The lowest BCUT2D eigenvalue weighted by Crippen LogP contribution is -2.59. The zero-order chi connectivity index (χ0) is 28.8. The van der Waals surface area contributed by atoms with Gasteiger partial charge in [0, 0.05) is 13.0 Å². The van der Waals surface area contributed by atoms with Crippen molar-refractivity contribution in [3.8, 4) is 5.75 Å². The Balaban J connectivity index is 3.05. The molecule has 5 unspecified atom stereocenters. The van der Waals surface area contributed by atoms with Gasteiger partial charge < -0.3 is 48.5 Å². The lowest BCUT2D eigenvalue weighted by molar-refractivity contribution is -0.142. The standard InChI is InChI=1S/C24H39N7O7/c1-3-13(2)19(22(36)30-18(23(37)38)11-14-6-8-15(33)9-7-14)31-21(35)17(5-4-10-28-24(26)27)29-20(34)16(25)12-32/h6-9,13,16-19,32-33H,3-5,10-12,25H2,1-2H3,(H,29,34)(H,30,36)(H,31,35)(H,37,38)(H4,26,27,28). The molecule has 212 valence electrons. The van der Waals surface area contributed by atoms with Gasteiger partial charge in [-0.3, -0.25) is 19.4 Å². The average molecular weight is 538 g/mol. The first-order valence-corrected chi connectivity index (χ1v) is 12.2. The number of aliphatic carboxylic acids is 1. The van der Waals surface area contributed by atoms with Crippen LogP contribution in [-0.4, -0.2) is 82.3 Å². The largest absolute Gasteiger partial charge is 0.508 e. The van der Waals surface area contributed by atoms with Crippen molar-refractivity contribution in [3.05, 3.63) is 29.8 Å². The first-order chi connectivity index (χ1) is 17.9. The number of nitrogens with zero attached hydrogens (tertiary/aromatic N) is 1. The molecule has 1 aromatic carbocycles. The summed E-state index contributed by atoms with van der Waals surface area (Å²) in [5.41, 5.74) is 16.7. The maximum Gasteiger partial charge on any atom is 0.326 e. The van der Waals surface area contributed by atoms with Crippen LogP contribution in [-0.2, 0) is 25.6 Å². The quantitative estimate of drug-likeness (QED) is 0.0630. The van der Waals surface area contributed by atoms with E-state index in [2.05, 4.69) is 20.9 Å². The van der Waals surface area contributed by atoms with E-state index in [1.165, 1.54) is 24.3 Å². The summed E-state index contributed by atoms with van der Waals surface area (Å²) in [6.45, 7) is 3.07. The second-order valence-corrected chi connectivity index (χ2v) is 8.94. The molecule has 1 rings (SSSR count). The number of rotatable bonds is 16. The number of carbonyl (C=O) groups excluding carboxylic acids is 3. The first-order valence-electron chi connectivity index (χ1n) is 12.2. The van der Waals surface area contributed by atoms with E-state index in [0.29, 0.717) is 18.4 Å². The van der Waals surface area contributed by atoms with E-state index in [4.69, 9.17) is 22.3 Å². The van der Waals surface area contributed by atoms with Gasteiger partial charge in [-0.05, 0) is 36.5 Å². The van der Waals surface area contributed by atoms with Crippen LogP contribution in [0, 0.1) is 5.92 Å². The van der Waals surface area contributed by atoms with Gasteiger partial charge in [0.05, 0.1) is 6.61 Å². The topological polar surface area (TPSA) is 255 Å². The Morgan fingerprint density at radius 3 is 2.11 bits per heavy atom. The Bertz CT molecular complexity index is 967. The number of phenols is 1. The predicted octanol–water partition coefficient (Wildman–Crippen LogP) is -2.11. The van der Waals surface area contributed by atoms with E-state index in [1.807, 2.05) is 0 Å². The number of amides is 3. The summed E-state index contributed by atoms with van der Waals surface area (Å²) in [7, 11) is 0. The average Bonchev–Trinajstić information content (AvgIpc) is 2.88. The Labute approximate surface area is 221 Å². The lowest BCUT2D eigenvalue weighted by atomic mass is 9.96. The van der Waals surface area contributed by atoms with Crippen LogP contribution in [0.1, 0.15) is 38.7 Å². The van der Waals surface area contributed by atoms with Crippen LogP contribution in [0.3, 0.4) is 0 Å². The van der Waals surface area contributed by atoms with Gasteiger partial charge in [0.25, 0.3) is 0 Å². The van der Waals surface area contributed by atoms with Crippen LogP contribution in [0.5, 0.6) is 5.75 Å². The van der Waals surface area contributed by atoms with E-state index in [-0.39, 0.29) is 37.0 Å². The number of carboxylic acid groups (broad SMARTS) is 1. The Hall–Kier alpha value is -3.91. The van der Waals surface area contributed by atoms with E-state index in [0.717, 1.165) is 0 Å². The smallest absolute Gasteiger partial charge is 0.326 e. The van der Waals surface area contributed by atoms with Gasteiger partial charge in [-0.25, -0.2) is 4.79 Å². The number of aliphatic hydroxyl groups is 1. The molecule has 0 aliphatic carbocycles. The number of phenolic OH excluding ortho intramolecular Hbond substituents is 1. The van der Waals surface area contributed by atoms with Crippen LogP contribution in [0.15, 0.2) is 29.3 Å². The third kappa shape index (κ3) is 11.0. The summed E-state index contributed by atoms with van der Waals surface area (Å²) in [6.07, 6.45) is 0.828. The molecule has 0 bridgehead atoms. The van der Waals surface area contributed by atoms with Crippen molar-refractivity contribution < 1.29 is 34.5 Å². The predicted molar refractivity (Wildman–Crippen MR) is 140 cm³/mol. The SMILES string of the molecule is CCC(C)C(NC(=O)C(CCCN=C(N)N)NC(=O)C(N)CO)C(=O)NC(Cc1ccc(O)cc1)C(=O)O. The van der Waals surface area contributed by atoms with Gasteiger partial charge in [-0.15, -0.1) is 0 Å². The summed E-state index contributed by atoms with van der Waals surface area (Å²) in [6, 6.07) is 1.10. The fraction of sp³-hybridized carbons (Fsp3) is 0.542. The van der Waals surface area contributed by atoms with Crippen molar-refractivity contribution >= 4 is 29.7 Å². The highest BCUT2D eigenvalue weighted by Crippen LogP contribution is 2.13. The molecule has 0 spiro atoms. The van der Waals surface area contributed by atoms with Gasteiger partial charge in [0.1, 0.15) is 29.9 Å². The summed E-state index contributed by atoms with van der Waals surface area (Å²) < 4.78 is 0. The first kappa shape index (κ1) is 32.1. The molecule has 38 heavy (non-hydrogen) atoms. The highest BCUT2D eigenvalue weighted by molar-refractivity contribution is 5.94. The number of hydrogen-bond acceptors (Lipinski definition) is 8. The van der Waals surface area contributed by atoms with Crippen molar-refractivity contribution in [2.24, 2.45) is 28.1 Å². The highest BCUT2D eigenvalue weighted by Gasteiger charge is 2.32. The number of guanidine groups is 1. The van der Waals surface area contributed by atoms with Gasteiger partial charge in [0.2, 0.25) is 17.7 Å².